The number of hydrogen-bond donors (Lipinski definition) is 1. The largest absolute Gasteiger partial charge is 0.429 e. The third-order valence-corrected chi connectivity index (χ3v) is 2.05. The molecular weight excluding hydrogens is 262 g/mol. The predicted octanol–water partition coefficient (Wildman–Crippen LogP) is 2.04. The number of halogens is 2. The van der Waals surface area contributed by atoms with E-state index in [0.717, 1.165) is 18.3 Å². The summed E-state index contributed by atoms with van der Waals surface area (Å²) in [7, 11) is 0. The lowest BCUT2D eigenvalue weighted by molar-refractivity contribution is -0.385. The molecule has 2 aromatic rings. The Bertz CT molecular complexity index is 651. The van der Waals surface area contributed by atoms with Crippen LogP contribution in [-0.2, 0) is 0 Å². The van der Waals surface area contributed by atoms with E-state index in [4.69, 9.17) is 10.5 Å². The number of nitro benzene ring substituents is 1. The van der Waals surface area contributed by atoms with Gasteiger partial charge in [-0.3, -0.25) is 10.1 Å². The second-order valence-electron chi connectivity index (χ2n) is 3.35. The molecule has 1 aromatic carbocycles. The molecule has 0 bridgehead atoms. The van der Waals surface area contributed by atoms with Crippen LogP contribution in [-0.4, -0.2) is 14.9 Å². The Morgan fingerprint density at radius 3 is 2.79 bits per heavy atom. The highest BCUT2D eigenvalue weighted by atomic mass is 19.1. The van der Waals surface area contributed by atoms with Crippen LogP contribution in [0.2, 0.25) is 0 Å². The maximum atomic E-state index is 13.3. The van der Waals surface area contributed by atoms with Crippen LogP contribution in [0.15, 0.2) is 24.4 Å². The minimum Gasteiger partial charge on any atom is -0.429 e. The number of hydrogen-bond acceptors (Lipinski definition) is 6. The Balaban J connectivity index is 2.43. The minimum absolute atomic E-state index is 0.263. The molecule has 0 radical (unpaired) electrons. The molecule has 0 aliphatic carbocycles. The van der Waals surface area contributed by atoms with Crippen molar-refractivity contribution in [1.82, 2.24) is 9.97 Å². The van der Waals surface area contributed by atoms with Gasteiger partial charge in [0, 0.05) is 0 Å². The lowest BCUT2D eigenvalue weighted by atomic mass is 10.3. The molecule has 0 saturated carbocycles. The summed E-state index contributed by atoms with van der Waals surface area (Å²) in [5, 5.41) is 10.7. The van der Waals surface area contributed by atoms with Gasteiger partial charge in [0.25, 0.3) is 5.88 Å². The summed E-state index contributed by atoms with van der Waals surface area (Å²) >= 11 is 0. The zero-order chi connectivity index (χ0) is 14.0. The van der Waals surface area contributed by atoms with Crippen molar-refractivity contribution >= 4 is 11.6 Å². The number of benzene rings is 1. The van der Waals surface area contributed by atoms with E-state index in [1.165, 1.54) is 0 Å². The highest BCUT2D eigenvalue weighted by Crippen LogP contribution is 2.31. The molecule has 0 aliphatic heterocycles. The number of nitrogen functional groups attached to an aromatic ring is 1. The van der Waals surface area contributed by atoms with E-state index in [1.807, 2.05) is 0 Å². The summed E-state index contributed by atoms with van der Waals surface area (Å²) < 4.78 is 31.2. The monoisotopic (exact) mass is 268 g/mol. The molecule has 0 atom stereocenters. The van der Waals surface area contributed by atoms with Crippen LogP contribution in [0, 0.1) is 21.7 Å². The normalized spacial score (nSPS) is 10.2. The lowest BCUT2D eigenvalue weighted by Gasteiger charge is -2.06. The van der Waals surface area contributed by atoms with Crippen molar-refractivity contribution in [2.45, 2.75) is 0 Å². The molecule has 0 unspecified atom stereocenters. The highest BCUT2D eigenvalue weighted by Gasteiger charge is 2.19. The number of nitrogens with two attached hydrogens (primary N) is 1. The van der Waals surface area contributed by atoms with Crippen LogP contribution in [0.3, 0.4) is 0 Å². The van der Waals surface area contributed by atoms with Crippen LogP contribution in [0.4, 0.5) is 20.4 Å². The quantitative estimate of drug-likeness (QED) is 0.674. The average Bonchev–Trinajstić information content (AvgIpc) is 2.35. The molecule has 1 aromatic heterocycles. The fourth-order valence-corrected chi connectivity index (χ4v) is 1.26. The second-order valence-corrected chi connectivity index (χ2v) is 3.35. The molecule has 0 aliphatic rings. The van der Waals surface area contributed by atoms with Gasteiger partial charge in [-0.1, -0.05) is 0 Å². The molecule has 7 nitrogen and oxygen atoms in total. The fourth-order valence-electron chi connectivity index (χ4n) is 1.26. The molecule has 0 spiro atoms. The van der Waals surface area contributed by atoms with Crippen molar-refractivity contribution in [2.24, 2.45) is 0 Å². The van der Waals surface area contributed by atoms with Crippen molar-refractivity contribution < 1.29 is 18.4 Å². The zero-order valence-corrected chi connectivity index (χ0v) is 9.21. The first-order valence-corrected chi connectivity index (χ1v) is 4.87. The molecule has 19 heavy (non-hydrogen) atoms. The molecule has 2 N–H and O–H groups in total. The summed E-state index contributed by atoms with van der Waals surface area (Å²) in [4.78, 5) is 16.7. The van der Waals surface area contributed by atoms with E-state index < -0.39 is 28.1 Å². The van der Waals surface area contributed by atoms with Gasteiger partial charge < -0.3 is 10.5 Å². The van der Waals surface area contributed by atoms with E-state index in [-0.39, 0.29) is 11.7 Å². The maximum Gasteiger partial charge on any atom is 0.314 e. The third-order valence-electron chi connectivity index (χ3n) is 2.05. The average molecular weight is 268 g/mol. The van der Waals surface area contributed by atoms with E-state index in [0.29, 0.717) is 6.07 Å². The Kier molecular flexibility index (Phi) is 3.19. The van der Waals surface area contributed by atoms with Gasteiger partial charge in [0.15, 0.2) is 0 Å². The number of ether oxygens (including phenoxy) is 1. The zero-order valence-electron chi connectivity index (χ0n) is 9.21. The van der Waals surface area contributed by atoms with Crippen LogP contribution >= 0.6 is 0 Å². The van der Waals surface area contributed by atoms with Gasteiger partial charge in [-0.2, -0.15) is 9.37 Å². The molecule has 2 rings (SSSR count). The Labute approximate surface area is 104 Å². The third kappa shape index (κ3) is 2.70. The van der Waals surface area contributed by atoms with E-state index in [9.17, 15) is 18.9 Å². The summed E-state index contributed by atoms with van der Waals surface area (Å²) in [5.74, 6) is -2.97. The van der Waals surface area contributed by atoms with Crippen molar-refractivity contribution in [3.05, 3.63) is 46.1 Å². The first kappa shape index (κ1) is 12.6. The molecule has 98 valence electrons. The predicted molar refractivity (Wildman–Crippen MR) is 59.5 cm³/mol. The summed E-state index contributed by atoms with van der Waals surface area (Å²) in [6.45, 7) is 0. The molecular formula is C10H6F2N4O3. The highest BCUT2D eigenvalue weighted by molar-refractivity contribution is 5.48. The van der Waals surface area contributed by atoms with Crippen molar-refractivity contribution in [3.63, 3.8) is 0 Å². The van der Waals surface area contributed by atoms with Gasteiger partial charge in [-0.25, -0.2) is 9.37 Å². The number of rotatable bonds is 3. The number of aromatic nitrogens is 2. The van der Waals surface area contributed by atoms with Crippen LogP contribution in [0.1, 0.15) is 0 Å². The summed E-state index contributed by atoms with van der Waals surface area (Å²) in [5.41, 5.74) is 4.58. The van der Waals surface area contributed by atoms with Crippen molar-refractivity contribution in [2.75, 3.05) is 5.73 Å². The number of anilines is 1. The Hall–Kier alpha value is -2.84. The van der Waals surface area contributed by atoms with Gasteiger partial charge in [0.05, 0.1) is 17.2 Å². The summed E-state index contributed by atoms with van der Waals surface area (Å²) in [6.07, 6.45) is 0.757. The molecule has 0 fully saturated rings. The minimum atomic E-state index is -0.951. The van der Waals surface area contributed by atoms with E-state index in [2.05, 4.69) is 9.97 Å². The van der Waals surface area contributed by atoms with E-state index >= 15 is 0 Å². The van der Waals surface area contributed by atoms with Gasteiger partial charge in [0.2, 0.25) is 17.5 Å². The molecule has 1 heterocycles. The molecule has 0 amide bonds. The van der Waals surface area contributed by atoms with Crippen LogP contribution < -0.4 is 10.5 Å². The molecule has 0 saturated heterocycles. The topological polar surface area (TPSA) is 104 Å². The van der Waals surface area contributed by atoms with Gasteiger partial charge in [-0.05, 0) is 12.1 Å². The van der Waals surface area contributed by atoms with E-state index in [1.54, 1.807) is 0 Å². The van der Waals surface area contributed by atoms with Crippen molar-refractivity contribution in [1.29, 1.82) is 0 Å². The molecule has 9 heteroatoms. The van der Waals surface area contributed by atoms with Crippen LogP contribution in [0.5, 0.6) is 11.6 Å². The second kappa shape index (κ2) is 4.80. The smallest absolute Gasteiger partial charge is 0.314 e. The van der Waals surface area contributed by atoms with Crippen molar-refractivity contribution in [3.8, 4) is 11.6 Å². The maximum absolute atomic E-state index is 13.3. The van der Waals surface area contributed by atoms with Gasteiger partial charge in [0.1, 0.15) is 5.82 Å². The summed E-state index contributed by atoms with van der Waals surface area (Å²) in [6, 6.07) is 2.58. The Morgan fingerprint density at radius 2 is 2.11 bits per heavy atom. The standard InChI is InChI=1S/C10H6F2N4O3/c11-5-1-2-8(7(3-5)16(17)18)19-9-6(12)4-14-10(13)15-9/h1-4H,(H2,13,14,15). The first-order chi connectivity index (χ1) is 8.97. The first-order valence-electron chi connectivity index (χ1n) is 4.87. The number of nitrogens with zero attached hydrogens (tertiary/aromatic N) is 3. The van der Waals surface area contributed by atoms with Crippen LogP contribution in [0.25, 0.3) is 0 Å². The van der Waals surface area contributed by atoms with Gasteiger partial charge >= 0.3 is 5.69 Å². The lowest BCUT2D eigenvalue weighted by Crippen LogP contribution is -2.01. The SMILES string of the molecule is Nc1ncc(F)c(Oc2ccc(F)cc2[N+](=O)[O-])n1. The number of nitro groups is 1. The van der Waals surface area contributed by atoms with Gasteiger partial charge in [-0.15, -0.1) is 0 Å². The Morgan fingerprint density at radius 1 is 1.37 bits per heavy atom. The fraction of sp³-hybridized carbons (Fsp3) is 0.